The minimum atomic E-state index is -0.258. The van der Waals surface area contributed by atoms with Gasteiger partial charge in [0.2, 0.25) is 0 Å². The highest BCUT2D eigenvalue weighted by Gasteiger charge is 2.26. The third kappa shape index (κ3) is 4.59. The quantitative estimate of drug-likeness (QED) is 0.838. The zero-order chi connectivity index (χ0) is 15.1. The lowest BCUT2D eigenvalue weighted by molar-refractivity contribution is 0.0470. The molecule has 1 heterocycles. The average Bonchev–Trinajstić information content (AvgIpc) is 2.53. The van der Waals surface area contributed by atoms with Crippen molar-refractivity contribution in [2.45, 2.75) is 31.9 Å². The molecular formula is C16H24FNO2S. The first-order valence-electron chi connectivity index (χ1n) is 7.50. The number of hydrogen-bond acceptors (Lipinski definition) is 4. The van der Waals surface area contributed by atoms with E-state index >= 15 is 0 Å². The smallest absolute Gasteiger partial charge is 0.168 e. The molecule has 0 spiro atoms. The molecule has 1 fully saturated rings. The summed E-state index contributed by atoms with van der Waals surface area (Å²) in [5.41, 5.74) is 0.683. The molecule has 0 aromatic heterocycles. The topological polar surface area (TPSA) is 30.5 Å². The predicted molar refractivity (Wildman–Crippen MR) is 85.8 cm³/mol. The summed E-state index contributed by atoms with van der Waals surface area (Å²) in [7, 11) is 1.50. The van der Waals surface area contributed by atoms with Gasteiger partial charge >= 0.3 is 0 Å². The molecule has 1 aliphatic heterocycles. The Morgan fingerprint density at radius 3 is 3.05 bits per heavy atom. The van der Waals surface area contributed by atoms with Crippen molar-refractivity contribution in [3.63, 3.8) is 0 Å². The molecular weight excluding hydrogens is 289 g/mol. The third-order valence-electron chi connectivity index (χ3n) is 3.65. The SMILES string of the molecule is CCCNC(Cc1cccc(OC)c1F)C1CSCCO1. The summed E-state index contributed by atoms with van der Waals surface area (Å²) < 4.78 is 25.3. The number of nitrogens with one attached hydrogen (secondary N) is 1. The van der Waals surface area contributed by atoms with Gasteiger partial charge in [-0.05, 0) is 31.0 Å². The standard InChI is InChI=1S/C16H24FNO2S/c1-3-7-18-13(15-11-21-9-8-20-15)10-12-5-4-6-14(19-2)16(12)17/h4-6,13,15,18H,3,7-11H2,1-2H3. The van der Waals surface area contributed by atoms with Crippen molar-refractivity contribution in [3.05, 3.63) is 29.6 Å². The van der Waals surface area contributed by atoms with Gasteiger partial charge in [0.05, 0.1) is 19.8 Å². The first-order valence-corrected chi connectivity index (χ1v) is 8.65. The van der Waals surface area contributed by atoms with Crippen molar-refractivity contribution in [2.75, 3.05) is 31.8 Å². The average molecular weight is 313 g/mol. The molecule has 118 valence electrons. The molecule has 2 atom stereocenters. The summed E-state index contributed by atoms with van der Waals surface area (Å²) in [6.45, 7) is 3.83. The Hall–Kier alpha value is -0.780. The predicted octanol–water partition coefficient (Wildman–Crippen LogP) is 2.88. The normalized spacial score (nSPS) is 20.2. The largest absolute Gasteiger partial charge is 0.494 e. The fourth-order valence-electron chi connectivity index (χ4n) is 2.51. The summed E-state index contributed by atoms with van der Waals surface area (Å²) >= 11 is 1.90. The second kappa shape index (κ2) is 8.61. The molecule has 1 aromatic rings. The fourth-order valence-corrected chi connectivity index (χ4v) is 3.45. The van der Waals surface area contributed by atoms with Crippen LogP contribution in [0.2, 0.25) is 0 Å². The highest BCUT2D eigenvalue weighted by molar-refractivity contribution is 7.99. The number of benzene rings is 1. The zero-order valence-corrected chi connectivity index (χ0v) is 13.5. The van der Waals surface area contributed by atoms with Crippen LogP contribution in [0.5, 0.6) is 5.75 Å². The minimum absolute atomic E-state index is 0.138. The van der Waals surface area contributed by atoms with Gasteiger partial charge in [-0.1, -0.05) is 19.1 Å². The van der Waals surface area contributed by atoms with Crippen LogP contribution in [0.15, 0.2) is 18.2 Å². The Morgan fingerprint density at radius 1 is 1.52 bits per heavy atom. The summed E-state index contributed by atoms with van der Waals surface area (Å²) in [4.78, 5) is 0. The molecule has 0 aliphatic carbocycles. The van der Waals surface area contributed by atoms with Crippen LogP contribution >= 0.6 is 11.8 Å². The number of thioether (sulfide) groups is 1. The lowest BCUT2D eigenvalue weighted by Gasteiger charge is -2.31. The zero-order valence-electron chi connectivity index (χ0n) is 12.7. The molecule has 5 heteroatoms. The van der Waals surface area contributed by atoms with Gasteiger partial charge in [0.25, 0.3) is 0 Å². The number of methoxy groups -OCH3 is 1. The minimum Gasteiger partial charge on any atom is -0.494 e. The van der Waals surface area contributed by atoms with E-state index in [9.17, 15) is 4.39 Å². The summed E-state index contributed by atoms with van der Waals surface area (Å²) in [5, 5.41) is 3.51. The summed E-state index contributed by atoms with van der Waals surface area (Å²) in [6.07, 6.45) is 1.81. The maximum Gasteiger partial charge on any atom is 0.168 e. The Kier molecular flexibility index (Phi) is 6.80. The second-order valence-electron chi connectivity index (χ2n) is 5.18. The van der Waals surface area contributed by atoms with Gasteiger partial charge < -0.3 is 14.8 Å². The highest BCUT2D eigenvalue weighted by atomic mass is 32.2. The molecule has 21 heavy (non-hydrogen) atoms. The van der Waals surface area contributed by atoms with Crippen molar-refractivity contribution in [2.24, 2.45) is 0 Å². The third-order valence-corrected chi connectivity index (χ3v) is 4.67. The van der Waals surface area contributed by atoms with E-state index in [1.807, 2.05) is 23.9 Å². The first-order chi connectivity index (χ1) is 10.3. The van der Waals surface area contributed by atoms with Gasteiger partial charge in [-0.25, -0.2) is 4.39 Å². The monoisotopic (exact) mass is 313 g/mol. The Balaban J connectivity index is 2.10. The molecule has 0 saturated carbocycles. The van der Waals surface area contributed by atoms with Gasteiger partial charge in [0.15, 0.2) is 11.6 Å². The Bertz CT molecular complexity index is 438. The van der Waals surface area contributed by atoms with Crippen molar-refractivity contribution in [3.8, 4) is 5.75 Å². The van der Waals surface area contributed by atoms with E-state index in [2.05, 4.69) is 12.2 Å². The summed E-state index contributed by atoms with van der Waals surface area (Å²) in [6, 6.07) is 5.46. The van der Waals surface area contributed by atoms with Crippen LogP contribution in [0.4, 0.5) is 4.39 Å². The van der Waals surface area contributed by atoms with Crippen LogP contribution in [-0.2, 0) is 11.2 Å². The van der Waals surface area contributed by atoms with Crippen LogP contribution in [0.1, 0.15) is 18.9 Å². The number of ether oxygens (including phenoxy) is 2. The van der Waals surface area contributed by atoms with Gasteiger partial charge in [-0.2, -0.15) is 11.8 Å². The second-order valence-corrected chi connectivity index (χ2v) is 6.33. The van der Waals surface area contributed by atoms with Crippen LogP contribution in [-0.4, -0.2) is 43.9 Å². The van der Waals surface area contributed by atoms with Crippen LogP contribution in [0.3, 0.4) is 0 Å². The Labute approximate surface area is 130 Å². The van der Waals surface area contributed by atoms with E-state index in [0.29, 0.717) is 17.7 Å². The van der Waals surface area contributed by atoms with E-state index in [-0.39, 0.29) is 18.0 Å². The van der Waals surface area contributed by atoms with Crippen LogP contribution in [0, 0.1) is 5.82 Å². The van der Waals surface area contributed by atoms with Gasteiger partial charge in [-0.3, -0.25) is 0 Å². The van der Waals surface area contributed by atoms with E-state index in [4.69, 9.17) is 9.47 Å². The molecule has 0 amide bonds. The van der Waals surface area contributed by atoms with Crippen LogP contribution < -0.4 is 10.1 Å². The van der Waals surface area contributed by atoms with E-state index in [0.717, 1.165) is 31.1 Å². The molecule has 1 aliphatic rings. The van der Waals surface area contributed by atoms with Crippen LogP contribution in [0.25, 0.3) is 0 Å². The number of hydrogen-bond donors (Lipinski definition) is 1. The van der Waals surface area contributed by atoms with E-state index in [1.54, 1.807) is 6.07 Å². The first kappa shape index (κ1) is 16.6. The lowest BCUT2D eigenvalue weighted by Crippen LogP contribution is -2.46. The van der Waals surface area contributed by atoms with Crippen molar-refractivity contribution in [1.82, 2.24) is 5.32 Å². The van der Waals surface area contributed by atoms with Crippen molar-refractivity contribution < 1.29 is 13.9 Å². The lowest BCUT2D eigenvalue weighted by atomic mass is 10.0. The maximum atomic E-state index is 14.3. The maximum absolute atomic E-state index is 14.3. The van der Waals surface area contributed by atoms with Crippen molar-refractivity contribution in [1.29, 1.82) is 0 Å². The van der Waals surface area contributed by atoms with E-state index in [1.165, 1.54) is 7.11 Å². The number of halogens is 1. The Morgan fingerprint density at radius 2 is 2.38 bits per heavy atom. The molecule has 2 unspecified atom stereocenters. The molecule has 1 saturated heterocycles. The molecule has 1 aromatic carbocycles. The molecule has 1 N–H and O–H groups in total. The molecule has 3 nitrogen and oxygen atoms in total. The van der Waals surface area contributed by atoms with Crippen molar-refractivity contribution >= 4 is 11.8 Å². The number of rotatable bonds is 7. The van der Waals surface area contributed by atoms with Gasteiger partial charge in [0, 0.05) is 17.5 Å². The fraction of sp³-hybridized carbons (Fsp3) is 0.625. The molecule has 2 rings (SSSR count). The van der Waals surface area contributed by atoms with E-state index < -0.39 is 0 Å². The summed E-state index contributed by atoms with van der Waals surface area (Å²) in [5.74, 6) is 2.06. The van der Waals surface area contributed by atoms with Gasteiger partial charge in [-0.15, -0.1) is 0 Å². The molecule has 0 bridgehead atoms. The molecule has 0 radical (unpaired) electrons. The van der Waals surface area contributed by atoms with Gasteiger partial charge in [0.1, 0.15) is 0 Å². The highest BCUT2D eigenvalue weighted by Crippen LogP contribution is 2.23.